The van der Waals surface area contributed by atoms with Crippen molar-refractivity contribution >= 4 is 5.91 Å². The molecule has 1 aromatic carbocycles. The van der Waals surface area contributed by atoms with Gasteiger partial charge in [-0.25, -0.2) is 0 Å². The summed E-state index contributed by atoms with van der Waals surface area (Å²) in [7, 11) is 1.66. The van der Waals surface area contributed by atoms with Crippen LogP contribution in [0.2, 0.25) is 0 Å². The van der Waals surface area contributed by atoms with E-state index >= 15 is 0 Å². The molecule has 20 heavy (non-hydrogen) atoms. The number of ether oxygens (including phenoxy) is 1. The summed E-state index contributed by atoms with van der Waals surface area (Å²) in [6.07, 6.45) is 4.92. The Balaban J connectivity index is 1.81. The van der Waals surface area contributed by atoms with Gasteiger partial charge in [0.05, 0.1) is 12.5 Å². The quantitative estimate of drug-likeness (QED) is 0.833. The van der Waals surface area contributed by atoms with Crippen LogP contribution < -0.4 is 15.8 Å². The van der Waals surface area contributed by atoms with E-state index in [0.717, 1.165) is 37.9 Å². The molecule has 0 radical (unpaired) electrons. The Bertz CT molecular complexity index is 436. The molecule has 0 heterocycles. The average molecular weight is 276 g/mol. The molecule has 0 atom stereocenters. The summed E-state index contributed by atoms with van der Waals surface area (Å²) in [6.45, 7) is 1.12. The van der Waals surface area contributed by atoms with Gasteiger partial charge in [-0.3, -0.25) is 4.79 Å². The number of benzene rings is 1. The van der Waals surface area contributed by atoms with E-state index in [1.807, 2.05) is 24.3 Å². The van der Waals surface area contributed by atoms with Crippen molar-refractivity contribution in [2.24, 2.45) is 11.1 Å². The van der Waals surface area contributed by atoms with Crippen LogP contribution in [0.3, 0.4) is 0 Å². The molecule has 1 aliphatic carbocycles. The fraction of sp³-hybridized carbons (Fsp3) is 0.562. The second-order valence-corrected chi connectivity index (χ2v) is 5.55. The Morgan fingerprint density at radius 3 is 2.50 bits per heavy atom. The predicted octanol–water partition coefficient (Wildman–Crippen LogP) is 1.87. The maximum Gasteiger partial charge on any atom is 0.227 e. The molecule has 1 amide bonds. The number of hydrogen-bond acceptors (Lipinski definition) is 3. The van der Waals surface area contributed by atoms with Crippen LogP contribution in [0.5, 0.6) is 5.75 Å². The van der Waals surface area contributed by atoms with Crippen LogP contribution in [-0.4, -0.2) is 26.1 Å². The molecule has 0 spiro atoms. The number of carbonyl (C=O) groups is 1. The zero-order valence-corrected chi connectivity index (χ0v) is 12.2. The maximum absolute atomic E-state index is 12.3. The van der Waals surface area contributed by atoms with E-state index in [9.17, 15) is 4.79 Å². The summed E-state index contributed by atoms with van der Waals surface area (Å²) in [5, 5.41) is 3.04. The van der Waals surface area contributed by atoms with Gasteiger partial charge >= 0.3 is 0 Å². The smallest absolute Gasteiger partial charge is 0.227 e. The van der Waals surface area contributed by atoms with Crippen LogP contribution in [-0.2, 0) is 11.2 Å². The van der Waals surface area contributed by atoms with E-state index < -0.39 is 0 Å². The summed E-state index contributed by atoms with van der Waals surface area (Å²) >= 11 is 0. The van der Waals surface area contributed by atoms with Gasteiger partial charge in [-0.05, 0) is 37.0 Å². The largest absolute Gasteiger partial charge is 0.497 e. The molecule has 0 saturated heterocycles. The Morgan fingerprint density at radius 2 is 1.95 bits per heavy atom. The maximum atomic E-state index is 12.3. The fourth-order valence-corrected chi connectivity index (χ4v) is 2.88. The Hall–Kier alpha value is -1.55. The molecule has 4 nitrogen and oxygen atoms in total. The second-order valence-electron chi connectivity index (χ2n) is 5.55. The summed E-state index contributed by atoms with van der Waals surface area (Å²) in [5.74, 6) is 0.983. The van der Waals surface area contributed by atoms with E-state index in [2.05, 4.69) is 5.32 Å². The van der Waals surface area contributed by atoms with Gasteiger partial charge in [0.1, 0.15) is 5.75 Å². The van der Waals surface area contributed by atoms with Gasteiger partial charge in [-0.15, -0.1) is 0 Å². The molecule has 0 bridgehead atoms. The highest BCUT2D eigenvalue weighted by Crippen LogP contribution is 2.37. The van der Waals surface area contributed by atoms with Gasteiger partial charge in [0.25, 0.3) is 0 Å². The molecule has 1 aliphatic rings. The SMILES string of the molecule is COc1ccc(CCNC(=O)C2(CN)CCCC2)cc1. The first-order valence-electron chi connectivity index (χ1n) is 7.31. The predicted molar refractivity (Wildman–Crippen MR) is 79.7 cm³/mol. The number of nitrogens with one attached hydrogen (secondary N) is 1. The minimum Gasteiger partial charge on any atom is -0.497 e. The molecular weight excluding hydrogens is 252 g/mol. The number of amides is 1. The first kappa shape index (κ1) is 14.9. The number of rotatable bonds is 6. The zero-order valence-electron chi connectivity index (χ0n) is 12.2. The fourth-order valence-electron chi connectivity index (χ4n) is 2.88. The van der Waals surface area contributed by atoms with Crippen molar-refractivity contribution in [2.75, 3.05) is 20.2 Å². The van der Waals surface area contributed by atoms with Crippen molar-refractivity contribution in [3.8, 4) is 5.75 Å². The number of hydrogen-bond donors (Lipinski definition) is 2. The van der Waals surface area contributed by atoms with Crippen LogP contribution in [0.4, 0.5) is 0 Å². The number of carbonyl (C=O) groups excluding carboxylic acids is 1. The van der Waals surface area contributed by atoms with E-state index in [4.69, 9.17) is 10.5 Å². The minimum atomic E-state index is -0.306. The first-order chi connectivity index (χ1) is 9.70. The third kappa shape index (κ3) is 3.31. The van der Waals surface area contributed by atoms with Crippen molar-refractivity contribution in [1.29, 1.82) is 0 Å². The molecule has 1 fully saturated rings. The second kappa shape index (κ2) is 6.75. The number of nitrogens with two attached hydrogens (primary N) is 1. The van der Waals surface area contributed by atoms with Gasteiger partial charge in [-0.1, -0.05) is 25.0 Å². The zero-order chi connectivity index (χ0) is 14.4. The summed E-state index contributed by atoms with van der Waals surface area (Å²) in [5.41, 5.74) is 6.70. The molecule has 4 heteroatoms. The minimum absolute atomic E-state index is 0.131. The van der Waals surface area contributed by atoms with Crippen molar-refractivity contribution < 1.29 is 9.53 Å². The topological polar surface area (TPSA) is 64.3 Å². The average Bonchev–Trinajstić information content (AvgIpc) is 2.98. The molecule has 1 saturated carbocycles. The summed E-state index contributed by atoms with van der Waals surface area (Å²) in [6, 6.07) is 7.93. The monoisotopic (exact) mass is 276 g/mol. The molecule has 110 valence electrons. The highest BCUT2D eigenvalue weighted by molar-refractivity contribution is 5.83. The van der Waals surface area contributed by atoms with Crippen molar-refractivity contribution in [1.82, 2.24) is 5.32 Å². The lowest BCUT2D eigenvalue weighted by Gasteiger charge is -2.25. The Morgan fingerprint density at radius 1 is 1.30 bits per heavy atom. The highest BCUT2D eigenvalue weighted by Gasteiger charge is 2.39. The lowest BCUT2D eigenvalue weighted by Crippen LogP contribution is -2.44. The van der Waals surface area contributed by atoms with Crippen LogP contribution in [0, 0.1) is 5.41 Å². The molecule has 0 aromatic heterocycles. The van der Waals surface area contributed by atoms with Crippen molar-refractivity contribution in [2.45, 2.75) is 32.1 Å². The highest BCUT2D eigenvalue weighted by atomic mass is 16.5. The van der Waals surface area contributed by atoms with E-state index in [1.165, 1.54) is 5.56 Å². The van der Waals surface area contributed by atoms with Gasteiger partial charge in [-0.2, -0.15) is 0 Å². The van der Waals surface area contributed by atoms with Crippen molar-refractivity contribution in [3.63, 3.8) is 0 Å². The van der Waals surface area contributed by atoms with Crippen LogP contribution in [0.25, 0.3) is 0 Å². The van der Waals surface area contributed by atoms with E-state index in [0.29, 0.717) is 13.1 Å². The van der Waals surface area contributed by atoms with Crippen LogP contribution in [0.1, 0.15) is 31.2 Å². The molecule has 1 aromatic rings. The van der Waals surface area contributed by atoms with E-state index in [1.54, 1.807) is 7.11 Å². The molecular formula is C16H24N2O2. The lowest BCUT2D eigenvalue weighted by atomic mass is 9.85. The standard InChI is InChI=1S/C16H24N2O2/c1-20-14-6-4-13(5-7-14)8-11-18-15(19)16(12-17)9-2-3-10-16/h4-7H,2-3,8-12,17H2,1H3,(H,18,19). The van der Waals surface area contributed by atoms with Gasteiger partial charge in [0, 0.05) is 13.1 Å². The third-order valence-electron chi connectivity index (χ3n) is 4.29. The molecule has 0 unspecified atom stereocenters. The van der Waals surface area contributed by atoms with Crippen LogP contribution >= 0.6 is 0 Å². The lowest BCUT2D eigenvalue weighted by molar-refractivity contribution is -0.130. The number of methoxy groups -OCH3 is 1. The molecule has 3 N–H and O–H groups in total. The third-order valence-corrected chi connectivity index (χ3v) is 4.29. The first-order valence-corrected chi connectivity index (χ1v) is 7.31. The summed E-state index contributed by atoms with van der Waals surface area (Å²) in [4.78, 5) is 12.3. The van der Waals surface area contributed by atoms with E-state index in [-0.39, 0.29) is 11.3 Å². The Labute approximate surface area is 120 Å². The summed E-state index contributed by atoms with van der Waals surface area (Å²) < 4.78 is 5.12. The van der Waals surface area contributed by atoms with Crippen molar-refractivity contribution in [3.05, 3.63) is 29.8 Å². The van der Waals surface area contributed by atoms with Gasteiger partial charge in [0.2, 0.25) is 5.91 Å². The normalized spacial score (nSPS) is 16.9. The van der Waals surface area contributed by atoms with Gasteiger partial charge < -0.3 is 15.8 Å². The molecule has 0 aliphatic heterocycles. The Kier molecular flexibility index (Phi) is 5.01. The van der Waals surface area contributed by atoms with Gasteiger partial charge in [0.15, 0.2) is 0 Å². The molecule has 2 rings (SSSR count). The van der Waals surface area contributed by atoms with Crippen LogP contribution in [0.15, 0.2) is 24.3 Å².